The summed E-state index contributed by atoms with van der Waals surface area (Å²) in [6.07, 6.45) is 5.74. The van der Waals surface area contributed by atoms with Gasteiger partial charge in [-0.1, -0.05) is 36.1 Å². The molecule has 1 aliphatic heterocycles. The first-order valence-corrected chi connectivity index (χ1v) is 10.9. The number of H-pyrrole nitrogens is 1. The number of ether oxygens (including phenoxy) is 1. The summed E-state index contributed by atoms with van der Waals surface area (Å²) in [7, 11) is 2.12. The molecule has 1 aliphatic rings. The van der Waals surface area contributed by atoms with Gasteiger partial charge in [0.05, 0.1) is 18.5 Å². The largest absolute Gasteiger partial charge is 0.500 e. The minimum absolute atomic E-state index is 0.120. The van der Waals surface area contributed by atoms with Gasteiger partial charge in [0.25, 0.3) is 5.91 Å². The summed E-state index contributed by atoms with van der Waals surface area (Å²) in [5.41, 5.74) is 2.23. The fourth-order valence-electron chi connectivity index (χ4n) is 3.67. The van der Waals surface area contributed by atoms with Crippen molar-refractivity contribution < 1.29 is 9.53 Å². The van der Waals surface area contributed by atoms with E-state index in [-0.39, 0.29) is 11.9 Å². The Balaban J connectivity index is 1.44. The molecule has 1 unspecified atom stereocenters. The Morgan fingerprint density at radius 3 is 2.97 bits per heavy atom. The lowest BCUT2D eigenvalue weighted by Gasteiger charge is -2.32. The second-order valence-corrected chi connectivity index (χ2v) is 8.54. The third-order valence-electron chi connectivity index (χ3n) is 5.38. The molecule has 3 aromatic rings. The Morgan fingerprint density at radius 2 is 2.17 bits per heavy atom. The van der Waals surface area contributed by atoms with Crippen LogP contribution >= 0.6 is 11.3 Å². The molecule has 1 amide bonds. The molecule has 8 heteroatoms. The number of hydrogen-bond donors (Lipinski definition) is 2. The van der Waals surface area contributed by atoms with E-state index in [1.54, 1.807) is 6.20 Å². The van der Waals surface area contributed by atoms with Crippen molar-refractivity contribution in [3.8, 4) is 0 Å². The van der Waals surface area contributed by atoms with E-state index in [0.717, 1.165) is 47.8 Å². The highest BCUT2D eigenvalue weighted by Crippen LogP contribution is 2.24. The second kappa shape index (κ2) is 9.32. The van der Waals surface area contributed by atoms with Gasteiger partial charge in [-0.25, -0.2) is 4.98 Å². The number of carbonyl (C=O) groups is 1. The second-order valence-electron chi connectivity index (χ2n) is 7.53. The van der Waals surface area contributed by atoms with Gasteiger partial charge in [-0.3, -0.25) is 4.79 Å². The number of likely N-dealkylation sites (N-methyl/N-ethyl adjacent to an activating group) is 1. The lowest BCUT2D eigenvalue weighted by atomic mass is 10.1. The highest BCUT2D eigenvalue weighted by Gasteiger charge is 2.21. The average Bonchev–Trinajstić information content (AvgIpc) is 3.40. The maximum atomic E-state index is 12.9. The fourth-order valence-corrected chi connectivity index (χ4v) is 4.54. The van der Waals surface area contributed by atoms with Gasteiger partial charge in [0.15, 0.2) is 5.13 Å². The zero-order valence-corrected chi connectivity index (χ0v) is 18.0. The number of amides is 1. The minimum Gasteiger partial charge on any atom is -0.500 e. The summed E-state index contributed by atoms with van der Waals surface area (Å²) in [6, 6.07) is 7.97. The van der Waals surface area contributed by atoms with Gasteiger partial charge in [-0.05, 0) is 25.1 Å². The number of benzene rings is 1. The van der Waals surface area contributed by atoms with Gasteiger partial charge in [0.1, 0.15) is 11.5 Å². The molecule has 3 heterocycles. The van der Waals surface area contributed by atoms with Crippen LogP contribution in [0.3, 0.4) is 0 Å². The molecule has 4 rings (SSSR count). The molecule has 0 bridgehead atoms. The first-order chi connectivity index (χ1) is 14.6. The number of thiazole rings is 1. The van der Waals surface area contributed by atoms with Crippen LogP contribution in [0.2, 0.25) is 0 Å². The number of fused-ring (bicyclic) bond motifs is 1. The summed E-state index contributed by atoms with van der Waals surface area (Å²) >= 11 is 1.44. The molecular formula is C22H27N5O2S. The predicted octanol–water partition coefficient (Wildman–Crippen LogP) is 2.88. The number of aromatic amines is 1. The van der Waals surface area contributed by atoms with Crippen molar-refractivity contribution in [2.45, 2.75) is 12.5 Å². The number of nitrogens with one attached hydrogen (secondary N) is 2. The van der Waals surface area contributed by atoms with E-state index < -0.39 is 0 Å². The maximum Gasteiger partial charge on any atom is 0.263 e. The number of rotatable bonds is 8. The quantitative estimate of drug-likeness (QED) is 0.543. The van der Waals surface area contributed by atoms with Crippen molar-refractivity contribution in [1.82, 2.24) is 20.2 Å². The Morgan fingerprint density at radius 1 is 1.37 bits per heavy atom. The number of piperazine rings is 1. The zero-order chi connectivity index (χ0) is 20.9. The molecule has 0 spiro atoms. The molecule has 7 nitrogen and oxygen atoms in total. The smallest absolute Gasteiger partial charge is 0.263 e. The summed E-state index contributed by atoms with van der Waals surface area (Å²) in [5.74, 6) is -0.120. The van der Waals surface area contributed by atoms with E-state index >= 15 is 0 Å². The van der Waals surface area contributed by atoms with Crippen LogP contribution in [0.5, 0.6) is 0 Å². The summed E-state index contributed by atoms with van der Waals surface area (Å²) in [6.45, 7) is 7.86. The van der Waals surface area contributed by atoms with Crippen LogP contribution in [0.15, 0.2) is 49.5 Å². The number of para-hydroxylation sites is 1. The molecule has 1 atom stereocenters. The van der Waals surface area contributed by atoms with Crippen LogP contribution in [0, 0.1) is 0 Å². The molecule has 158 valence electrons. The van der Waals surface area contributed by atoms with Crippen LogP contribution < -0.4 is 10.2 Å². The van der Waals surface area contributed by atoms with E-state index in [9.17, 15) is 4.79 Å². The fraction of sp³-hybridized carbons (Fsp3) is 0.364. The highest BCUT2D eigenvalue weighted by molar-refractivity contribution is 7.17. The lowest BCUT2D eigenvalue weighted by Crippen LogP contribution is -2.44. The molecule has 1 aromatic carbocycles. The van der Waals surface area contributed by atoms with E-state index in [4.69, 9.17) is 4.74 Å². The van der Waals surface area contributed by atoms with Gasteiger partial charge in [0.2, 0.25) is 0 Å². The first-order valence-electron chi connectivity index (χ1n) is 10.1. The first kappa shape index (κ1) is 20.4. The third-order valence-corrected chi connectivity index (χ3v) is 6.44. The van der Waals surface area contributed by atoms with Gasteiger partial charge in [0, 0.05) is 43.3 Å². The molecule has 0 saturated carbocycles. The van der Waals surface area contributed by atoms with E-state index in [2.05, 4.69) is 44.8 Å². The number of aromatic nitrogens is 2. The van der Waals surface area contributed by atoms with Gasteiger partial charge in [-0.2, -0.15) is 0 Å². The van der Waals surface area contributed by atoms with Crippen molar-refractivity contribution in [3.63, 3.8) is 0 Å². The van der Waals surface area contributed by atoms with Crippen LogP contribution in [-0.2, 0) is 11.2 Å². The number of anilines is 1. The van der Waals surface area contributed by atoms with Crippen molar-refractivity contribution in [2.75, 3.05) is 44.7 Å². The summed E-state index contributed by atoms with van der Waals surface area (Å²) in [4.78, 5) is 25.8. The Labute approximate surface area is 180 Å². The summed E-state index contributed by atoms with van der Waals surface area (Å²) < 4.78 is 5.42. The van der Waals surface area contributed by atoms with Gasteiger partial charge < -0.3 is 24.8 Å². The molecule has 30 heavy (non-hydrogen) atoms. The molecule has 1 fully saturated rings. The predicted molar refractivity (Wildman–Crippen MR) is 121 cm³/mol. The van der Waals surface area contributed by atoms with Gasteiger partial charge >= 0.3 is 0 Å². The van der Waals surface area contributed by atoms with Crippen LogP contribution in [0.1, 0.15) is 15.2 Å². The maximum absolute atomic E-state index is 12.9. The number of nitrogens with zero attached hydrogens (tertiary/aromatic N) is 3. The van der Waals surface area contributed by atoms with Crippen molar-refractivity contribution in [1.29, 1.82) is 0 Å². The zero-order valence-electron chi connectivity index (χ0n) is 17.1. The average molecular weight is 426 g/mol. The number of hydrogen-bond acceptors (Lipinski definition) is 6. The molecule has 0 radical (unpaired) electrons. The molecule has 0 aliphatic carbocycles. The van der Waals surface area contributed by atoms with E-state index in [0.29, 0.717) is 17.9 Å². The van der Waals surface area contributed by atoms with Crippen LogP contribution in [0.25, 0.3) is 10.9 Å². The van der Waals surface area contributed by atoms with Crippen molar-refractivity contribution in [2.24, 2.45) is 0 Å². The van der Waals surface area contributed by atoms with Crippen LogP contribution in [-0.4, -0.2) is 66.7 Å². The topological polar surface area (TPSA) is 73.5 Å². The molecular weight excluding hydrogens is 398 g/mol. The monoisotopic (exact) mass is 425 g/mol. The van der Waals surface area contributed by atoms with Crippen molar-refractivity contribution in [3.05, 3.63) is 59.9 Å². The normalized spacial score (nSPS) is 15.8. The highest BCUT2D eigenvalue weighted by atomic mass is 32.1. The Hall–Kier alpha value is -2.84. The SMILES string of the molecule is C=COCC(Cc1c[nH]c2ccccc12)NC(=O)c1cnc(N2CCN(C)CC2)s1. The van der Waals surface area contributed by atoms with Crippen LogP contribution in [0.4, 0.5) is 5.13 Å². The van der Waals surface area contributed by atoms with Crippen molar-refractivity contribution >= 4 is 33.3 Å². The standard InChI is InChI=1S/C22H27N5O2S/c1-3-29-15-17(12-16-13-23-19-7-5-4-6-18(16)19)25-21(28)20-14-24-22(30-20)27-10-8-26(2)9-11-27/h3-7,13-14,17,23H,1,8-12,15H2,2H3,(H,25,28). The third kappa shape index (κ3) is 4.66. The minimum atomic E-state index is -0.177. The van der Waals surface area contributed by atoms with Gasteiger partial charge in [-0.15, -0.1) is 0 Å². The Kier molecular flexibility index (Phi) is 6.35. The van der Waals surface area contributed by atoms with E-state index in [1.165, 1.54) is 17.6 Å². The lowest BCUT2D eigenvalue weighted by molar-refractivity contribution is 0.0915. The van der Waals surface area contributed by atoms with E-state index in [1.807, 2.05) is 24.4 Å². The Bertz CT molecular complexity index is 1010. The number of carbonyl (C=O) groups excluding carboxylic acids is 1. The molecule has 1 saturated heterocycles. The molecule has 2 N–H and O–H groups in total. The molecule has 2 aromatic heterocycles. The summed E-state index contributed by atoms with van der Waals surface area (Å²) in [5, 5.41) is 5.18.